The summed E-state index contributed by atoms with van der Waals surface area (Å²) in [5, 5.41) is 20.0. The maximum atomic E-state index is 12.7. The van der Waals surface area contributed by atoms with Gasteiger partial charge in [0.15, 0.2) is 6.10 Å². The predicted molar refractivity (Wildman–Crippen MR) is 245 cm³/mol. The average molecular weight is 917 g/mol. The molecule has 0 aliphatic carbocycles. The smallest absolute Gasteiger partial charge is 0.462 e. The third kappa shape index (κ3) is 43.9. The van der Waals surface area contributed by atoms with Crippen LogP contribution in [-0.2, 0) is 41.8 Å². The van der Waals surface area contributed by atoms with E-state index in [2.05, 4.69) is 77.6 Å². The van der Waals surface area contributed by atoms with E-state index in [0.29, 0.717) is 6.42 Å². The Morgan fingerprint density at radius 2 is 1.06 bits per heavy atom. The van der Waals surface area contributed by atoms with Crippen LogP contribution in [0.25, 0.3) is 0 Å². The lowest BCUT2D eigenvalue weighted by molar-refractivity contribution is -0.161. The molecule has 0 saturated heterocycles. The number of hydrogen-bond donors (Lipinski definition) is 5. The Morgan fingerprint density at radius 3 is 1.65 bits per heavy atom. The second kappa shape index (κ2) is 41.0. The molecule has 14 nitrogen and oxygen atoms in total. The van der Waals surface area contributed by atoms with E-state index in [1.54, 1.807) is 18.2 Å². The highest BCUT2D eigenvalue weighted by Gasteiger charge is 2.28. The molecule has 4 atom stereocenters. The molecular formula is C46H78O14P2. The monoisotopic (exact) mass is 916 g/mol. The molecule has 0 heterocycles. The highest BCUT2D eigenvalue weighted by Crippen LogP contribution is 2.43. The highest BCUT2D eigenvalue weighted by molar-refractivity contribution is 7.47. The van der Waals surface area contributed by atoms with Gasteiger partial charge in [-0.3, -0.25) is 23.2 Å². The molecule has 5 N–H and O–H groups in total. The van der Waals surface area contributed by atoms with Crippen molar-refractivity contribution in [1.82, 2.24) is 0 Å². The van der Waals surface area contributed by atoms with E-state index >= 15 is 0 Å². The summed E-state index contributed by atoms with van der Waals surface area (Å²) < 4.78 is 47.6. The molecule has 0 radical (unpaired) electrons. The van der Waals surface area contributed by atoms with E-state index in [1.165, 1.54) is 25.7 Å². The molecule has 16 heteroatoms. The van der Waals surface area contributed by atoms with Crippen LogP contribution in [0.2, 0.25) is 0 Å². The summed E-state index contributed by atoms with van der Waals surface area (Å²) in [7, 11) is -9.76. The summed E-state index contributed by atoms with van der Waals surface area (Å²) in [6.45, 7) is 1.35. The summed E-state index contributed by atoms with van der Waals surface area (Å²) in [6.07, 6.45) is 43.3. The van der Waals surface area contributed by atoms with Crippen LogP contribution in [0, 0.1) is 0 Å². The third-order valence-corrected chi connectivity index (χ3v) is 10.3. The molecule has 0 aromatic heterocycles. The summed E-state index contributed by atoms with van der Waals surface area (Å²) >= 11 is 0. The highest BCUT2D eigenvalue weighted by atomic mass is 31.2. The number of aliphatic hydroxyl groups excluding tert-OH is 2. The van der Waals surface area contributed by atoms with E-state index in [0.717, 1.165) is 83.5 Å². The van der Waals surface area contributed by atoms with Crippen LogP contribution in [0.1, 0.15) is 149 Å². The lowest BCUT2D eigenvalue weighted by atomic mass is 10.1. The van der Waals surface area contributed by atoms with Crippen molar-refractivity contribution in [3.63, 3.8) is 0 Å². The van der Waals surface area contributed by atoms with Gasteiger partial charge >= 0.3 is 27.6 Å². The Bertz CT molecular complexity index is 1430. The SMILES string of the molecule is CC/C=C\C/C=C\C/C=C\C/C=C\C/C=C\C=C/C(O)CCC(=O)OC[C@H](COP(=O)(O)OC[C@@H](O)COP(=O)(O)O)OC(=O)CCCCCCCCC/C=C\CCCCCC. The quantitative estimate of drug-likeness (QED) is 0.0127. The van der Waals surface area contributed by atoms with Gasteiger partial charge in [0.1, 0.15) is 12.7 Å². The van der Waals surface area contributed by atoms with E-state index < -0.39 is 72.3 Å². The lowest BCUT2D eigenvalue weighted by Gasteiger charge is -2.20. The van der Waals surface area contributed by atoms with Gasteiger partial charge < -0.3 is 34.4 Å². The first-order valence-electron chi connectivity index (χ1n) is 22.4. The van der Waals surface area contributed by atoms with Gasteiger partial charge in [0.2, 0.25) is 0 Å². The Kier molecular flexibility index (Phi) is 39.2. The molecule has 356 valence electrons. The Balaban J connectivity index is 4.74. The van der Waals surface area contributed by atoms with Gasteiger partial charge in [-0.2, -0.15) is 0 Å². The summed E-state index contributed by atoms with van der Waals surface area (Å²) in [5.41, 5.74) is 0. The minimum Gasteiger partial charge on any atom is -0.462 e. The Labute approximate surface area is 371 Å². The first-order chi connectivity index (χ1) is 29.8. The van der Waals surface area contributed by atoms with Gasteiger partial charge in [0, 0.05) is 12.8 Å². The van der Waals surface area contributed by atoms with Crippen molar-refractivity contribution in [3.8, 4) is 0 Å². The van der Waals surface area contributed by atoms with Crippen LogP contribution in [0.15, 0.2) is 85.1 Å². The minimum atomic E-state index is -4.89. The molecule has 2 unspecified atom stereocenters. The molecule has 0 aliphatic heterocycles. The number of allylic oxidation sites excluding steroid dienone is 13. The van der Waals surface area contributed by atoms with Crippen LogP contribution in [0.3, 0.4) is 0 Å². The minimum absolute atomic E-state index is 0.0605. The van der Waals surface area contributed by atoms with Crippen molar-refractivity contribution >= 4 is 27.6 Å². The number of rotatable bonds is 41. The summed E-state index contributed by atoms with van der Waals surface area (Å²) in [6, 6.07) is 0. The van der Waals surface area contributed by atoms with E-state index in [9.17, 15) is 33.8 Å². The maximum absolute atomic E-state index is 12.7. The molecular weight excluding hydrogens is 838 g/mol. The fraction of sp³-hybridized carbons (Fsp3) is 0.652. The van der Waals surface area contributed by atoms with Crippen molar-refractivity contribution in [3.05, 3.63) is 85.1 Å². The van der Waals surface area contributed by atoms with Gasteiger partial charge in [-0.15, -0.1) is 0 Å². The normalized spacial score (nSPS) is 15.3. The van der Waals surface area contributed by atoms with Crippen LogP contribution in [-0.4, -0.2) is 81.6 Å². The van der Waals surface area contributed by atoms with E-state index in [-0.39, 0.29) is 19.3 Å². The lowest BCUT2D eigenvalue weighted by Crippen LogP contribution is -2.30. The van der Waals surface area contributed by atoms with Gasteiger partial charge in [-0.05, 0) is 70.6 Å². The average Bonchev–Trinajstić information content (AvgIpc) is 3.23. The summed E-state index contributed by atoms with van der Waals surface area (Å²) in [4.78, 5) is 52.7. The number of phosphoric acid groups is 2. The summed E-state index contributed by atoms with van der Waals surface area (Å²) in [5.74, 6) is -1.33. The molecule has 0 aromatic rings. The molecule has 0 saturated carbocycles. The van der Waals surface area contributed by atoms with Crippen molar-refractivity contribution in [2.75, 3.05) is 26.4 Å². The van der Waals surface area contributed by atoms with E-state index in [1.807, 2.05) is 12.2 Å². The molecule has 0 rings (SSSR count). The zero-order chi connectivity index (χ0) is 46.0. The largest absolute Gasteiger partial charge is 0.472 e. The maximum Gasteiger partial charge on any atom is 0.472 e. The Morgan fingerprint density at radius 1 is 0.548 bits per heavy atom. The Hall–Kier alpha value is -2.74. The molecule has 0 bridgehead atoms. The van der Waals surface area contributed by atoms with Crippen LogP contribution < -0.4 is 0 Å². The number of unbranched alkanes of at least 4 members (excludes halogenated alkanes) is 11. The standard InChI is InChI=1S/C46H78O14P2/c1-3-5-7-9-11-13-15-17-19-21-22-24-26-28-30-32-34-42(47)36-37-45(49)56-40-44(41-59-62(54,55)58-39-43(48)38-57-61(51,52)53)60-46(50)35-33-31-29-27-25-23-20-18-16-14-12-10-8-6-4-2/h5,7,11,13-14,16-17,19,22,24,28,30,32,34,42-44,47-48H,3-4,6,8-10,12,15,18,20-21,23,25-27,29,31,33,35-41H2,1-2H3,(H,54,55)(H2,51,52,53)/b7-5-,13-11-,16-14-,19-17-,24-22-,30-28-,34-32-/t42?,43-,44+/m0/s1. The fourth-order valence-corrected chi connectivity index (χ4v) is 6.61. The number of esters is 2. The molecule has 0 amide bonds. The zero-order valence-corrected chi connectivity index (χ0v) is 39.1. The van der Waals surface area contributed by atoms with Gasteiger partial charge in [0.25, 0.3) is 0 Å². The van der Waals surface area contributed by atoms with Crippen molar-refractivity contribution in [2.24, 2.45) is 0 Å². The molecule has 0 aromatic carbocycles. The number of carbonyl (C=O) groups is 2. The van der Waals surface area contributed by atoms with Crippen LogP contribution in [0.4, 0.5) is 0 Å². The van der Waals surface area contributed by atoms with E-state index in [4.69, 9.17) is 23.8 Å². The first-order valence-corrected chi connectivity index (χ1v) is 25.4. The second-order valence-electron chi connectivity index (χ2n) is 14.8. The van der Waals surface area contributed by atoms with Gasteiger partial charge in [-0.25, -0.2) is 9.13 Å². The van der Waals surface area contributed by atoms with Crippen LogP contribution >= 0.6 is 15.6 Å². The number of phosphoric ester groups is 2. The number of carbonyl (C=O) groups excluding carboxylic acids is 2. The van der Waals surface area contributed by atoms with Crippen LogP contribution in [0.5, 0.6) is 0 Å². The molecule has 62 heavy (non-hydrogen) atoms. The number of hydrogen-bond acceptors (Lipinski definition) is 11. The fourth-order valence-electron chi connectivity index (χ4n) is 5.45. The van der Waals surface area contributed by atoms with Crippen molar-refractivity contribution in [2.45, 2.75) is 167 Å². The topological polar surface area (TPSA) is 216 Å². The first kappa shape index (κ1) is 59.3. The van der Waals surface area contributed by atoms with Crippen molar-refractivity contribution < 1.29 is 66.7 Å². The predicted octanol–water partition coefficient (Wildman–Crippen LogP) is 10.5. The number of aliphatic hydroxyl groups is 2. The zero-order valence-electron chi connectivity index (χ0n) is 37.3. The third-order valence-electron chi connectivity index (χ3n) is 8.88. The molecule has 0 aliphatic rings. The second-order valence-corrected chi connectivity index (χ2v) is 17.5. The van der Waals surface area contributed by atoms with Gasteiger partial charge in [0.05, 0.1) is 25.9 Å². The molecule has 0 spiro atoms. The van der Waals surface area contributed by atoms with Gasteiger partial charge in [-0.1, -0.05) is 150 Å². The molecule has 0 fully saturated rings. The van der Waals surface area contributed by atoms with Crippen molar-refractivity contribution in [1.29, 1.82) is 0 Å². The number of ether oxygens (including phenoxy) is 2.